The monoisotopic (exact) mass is 222 g/mol. The lowest BCUT2D eigenvalue weighted by Crippen LogP contribution is -2.01. The summed E-state index contributed by atoms with van der Waals surface area (Å²) in [5.41, 5.74) is 1.05. The highest BCUT2D eigenvalue weighted by Crippen LogP contribution is 2.31. The van der Waals surface area contributed by atoms with Gasteiger partial charge in [0.05, 0.1) is 13.7 Å². The minimum absolute atomic E-state index is 0.171. The Balaban J connectivity index is 3.01. The van der Waals surface area contributed by atoms with Gasteiger partial charge in [-0.3, -0.25) is 0 Å². The van der Waals surface area contributed by atoms with Gasteiger partial charge in [-0.1, -0.05) is 13.0 Å². The van der Waals surface area contributed by atoms with Gasteiger partial charge in [0, 0.05) is 12.5 Å². The van der Waals surface area contributed by atoms with Crippen molar-refractivity contribution in [1.82, 2.24) is 0 Å². The minimum Gasteiger partial charge on any atom is -0.497 e. The Labute approximate surface area is 96.4 Å². The SMILES string of the molecule is CCOc1cc(OC)ccc1C(C)CC=O. The van der Waals surface area contributed by atoms with Crippen LogP contribution in [0.4, 0.5) is 0 Å². The van der Waals surface area contributed by atoms with Gasteiger partial charge in [0.25, 0.3) is 0 Å². The zero-order valence-corrected chi connectivity index (χ0v) is 10.0. The summed E-state index contributed by atoms with van der Waals surface area (Å²) in [5, 5.41) is 0. The molecular formula is C13H18O3. The highest BCUT2D eigenvalue weighted by atomic mass is 16.5. The molecule has 1 atom stereocenters. The molecule has 16 heavy (non-hydrogen) atoms. The highest BCUT2D eigenvalue weighted by Gasteiger charge is 2.12. The molecule has 1 aromatic rings. The van der Waals surface area contributed by atoms with E-state index in [1.54, 1.807) is 7.11 Å². The second kappa shape index (κ2) is 6.16. The van der Waals surface area contributed by atoms with Crippen LogP contribution in [0.15, 0.2) is 18.2 Å². The van der Waals surface area contributed by atoms with Crippen LogP contribution in [0.2, 0.25) is 0 Å². The summed E-state index contributed by atoms with van der Waals surface area (Å²) in [7, 11) is 1.62. The average molecular weight is 222 g/mol. The number of carbonyl (C=O) groups excluding carboxylic acids is 1. The van der Waals surface area contributed by atoms with Gasteiger partial charge in [0.1, 0.15) is 17.8 Å². The fourth-order valence-electron chi connectivity index (χ4n) is 1.60. The molecule has 0 saturated carbocycles. The summed E-state index contributed by atoms with van der Waals surface area (Å²) >= 11 is 0. The summed E-state index contributed by atoms with van der Waals surface area (Å²) in [4.78, 5) is 10.5. The predicted molar refractivity (Wildman–Crippen MR) is 63.3 cm³/mol. The Morgan fingerprint density at radius 3 is 2.75 bits per heavy atom. The van der Waals surface area contributed by atoms with E-state index in [0.717, 1.165) is 23.3 Å². The van der Waals surface area contributed by atoms with E-state index in [0.29, 0.717) is 13.0 Å². The fourth-order valence-corrected chi connectivity index (χ4v) is 1.60. The Morgan fingerprint density at radius 1 is 1.44 bits per heavy atom. The number of carbonyl (C=O) groups is 1. The molecule has 3 heteroatoms. The maximum atomic E-state index is 10.5. The Kier molecular flexibility index (Phi) is 4.83. The number of aldehydes is 1. The first-order valence-electron chi connectivity index (χ1n) is 5.47. The van der Waals surface area contributed by atoms with Crippen LogP contribution in [0, 0.1) is 0 Å². The van der Waals surface area contributed by atoms with Crippen LogP contribution in [0.5, 0.6) is 11.5 Å². The second-order valence-electron chi connectivity index (χ2n) is 3.64. The van der Waals surface area contributed by atoms with Crippen molar-refractivity contribution in [2.75, 3.05) is 13.7 Å². The number of ether oxygens (including phenoxy) is 2. The third kappa shape index (κ3) is 2.99. The Bertz CT molecular complexity index is 347. The lowest BCUT2D eigenvalue weighted by atomic mass is 9.97. The molecule has 0 fully saturated rings. The Morgan fingerprint density at radius 2 is 2.19 bits per heavy atom. The van der Waals surface area contributed by atoms with Gasteiger partial charge < -0.3 is 14.3 Å². The zero-order chi connectivity index (χ0) is 12.0. The van der Waals surface area contributed by atoms with Crippen molar-refractivity contribution in [2.45, 2.75) is 26.2 Å². The molecule has 1 rings (SSSR count). The average Bonchev–Trinajstić information content (AvgIpc) is 2.29. The molecule has 0 aliphatic rings. The molecule has 0 spiro atoms. The molecule has 0 heterocycles. The van der Waals surface area contributed by atoms with Crippen molar-refractivity contribution in [2.24, 2.45) is 0 Å². The molecule has 0 saturated heterocycles. The quantitative estimate of drug-likeness (QED) is 0.694. The maximum Gasteiger partial charge on any atom is 0.126 e. The van der Waals surface area contributed by atoms with E-state index in [2.05, 4.69) is 0 Å². The number of benzene rings is 1. The smallest absolute Gasteiger partial charge is 0.126 e. The van der Waals surface area contributed by atoms with Gasteiger partial charge in [-0.15, -0.1) is 0 Å². The second-order valence-corrected chi connectivity index (χ2v) is 3.64. The normalized spacial score (nSPS) is 11.9. The van der Waals surface area contributed by atoms with E-state index in [9.17, 15) is 4.79 Å². The van der Waals surface area contributed by atoms with Crippen LogP contribution in [-0.2, 0) is 4.79 Å². The van der Waals surface area contributed by atoms with Crippen LogP contribution in [0.25, 0.3) is 0 Å². The first kappa shape index (κ1) is 12.6. The standard InChI is InChI=1S/C13H18O3/c1-4-16-13-9-11(15-3)5-6-12(13)10(2)7-8-14/h5-6,8-10H,4,7H2,1-3H3. The molecule has 0 bridgehead atoms. The van der Waals surface area contributed by atoms with E-state index in [1.807, 2.05) is 32.0 Å². The van der Waals surface area contributed by atoms with Crippen molar-refractivity contribution in [3.63, 3.8) is 0 Å². The fraction of sp³-hybridized carbons (Fsp3) is 0.462. The van der Waals surface area contributed by atoms with E-state index in [1.165, 1.54) is 0 Å². The molecule has 0 aliphatic heterocycles. The topological polar surface area (TPSA) is 35.5 Å². The maximum absolute atomic E-state index is 10.5. The highest BCUT2D eigenvalue weighted by molar-refractivity contribution is 5.53. The van der Waals surface area contributed by atoms with Crippen molar-refractivity contribution in [3.8, 4) is 11.5 Å². The summed E-state index contributed by atoms with van der Waals surface area (Å²) in [5.74, 6) is 1.74. The molecule has 3 nitrogen and oxygen atoms in total. The van der Waals surface area contributed by atoms with Crippen LogP contribution in [0.1, 0.15) is 31.7 Å². The predicted octanol–water partition coefficient (Wildman–Crippen LogP) is 2.79. The molecule has 1 aromatic carbocycles. The lowest BCUT2D eigenvalue weighted by Gasteiger charge is -2.15. The molecular weight excluding hydrogens is 204 g/mol. The van der Waals surface area contributed by atoms with Crippen LogP contribution >= 0.6 is 0 Å². The van der Waals surface area contributed by atoms with Gasteiger partial charge in [-0.05, 0) is 24.5 Å². The van der Waals surface area contributed by atoms with Gasteiger partial charge in [0.15, 0.2) is 0 Å². The number of hydrogen-bond acceptors (Lipinski definition) is 3. The van der Waals surface area contributed by atoms with Crippen molar-refractivity contribution >= 4 is 6.29 Å². The molecule has 1 unspecified atom stereocenters. The molecule has 0 amide bonds. The third-order valence-electron chi connectivity index (χ3n) is 2.50. The van der Waals surface area contributed by atoms with Gasteiger partial charge in [0.2, 0.25) is 0 Å². The van der Waals surface area contributed by atoms with Gasteiger partial charge in [-0.2, -0.15) is 0 Å². The largest absolute Gasteiger partial charge is 0.497 e. The van der Waals surface area contributed by atoms with E-state index in [-0.39, 0.29) is 5.92 Å². The van der Waals surface area contributed by atoms with Crippen LogP contribution < -0.4 is 9.47 Å². The van der Waals surface area contributed by atoms with Crippen molar-refractivity contribution in [1.29, 1.82) is 0 Å². The van der Waals surface area contributed by atoms with Crippen LogP contribution in [0.3, 0.4) is 0 Å². The van der Waals surface area contributed by atoms with Crippen molar-refractivity contribution < 1.29 is 14.3 Å². The summed E-state index contributed by atoms with van der Waals surface area (Å²) < 4.78 is 10.7. The number of methoxy groups -OCH3 is 1. The summed E-state index contributed by atoms with van der Waals surface area (Å²) in [6.07, 6.45) is 1.44. The first-order valence-corrected chi connectivity index (χ1v) is 5.47. The molecule has 0 N–H and O–H groups in total. The first-order chi connectivity index (χ1) is 7.72. The minimum atomic E-state index is 0.171. The zero-order valence-electron chi connectivity index (χ0n) is 10.0. The van der Waals surface area contributed by atoms with E-state index < -0.39 is 0 Å². The Hall–Kier alpha value is -1.51. The summed E-state index contributed by atoms with van der Waals surface area (Å²) in [6.45, 7) is 4.56. The summed E-state index contributed by atoms with van der Waals surface area (Å²) in [6, 6.07) is 5.71. The molecule has 0 radical (unpaired) electrons. The molecule has 0 aliphatic carbocycles. The molecule has 0 aromatic heterocycles. The lowest BCUT2D eigenvalue weighted by molar-refractivity contribution is -0.108. The molecule has 88 valence electrons. The number of hydrogen-bond donors (Lipinski definition) is 0. The van der Waals surface area contributed by atoms with Gasteiger partial charge >= 0.3 is 0 Å². The van der Waals surface area contributed by atoms with E-state index in [4.69, 9.17) is 9.47 Å². The van der Waals surface area contributed by atoms with Gasteiger partial charge in [-0.25, -0.2) is 0 Å². The van der Waals surface area contributed by atoms with Crippen molar-refractivity contribution in [3.05, 3.63) is 23.8 Å². The third-order valence-corrected chi connectivity index (χ3v) is 2.50. The number of rotatable bonds is 6. The van der Waals surface area contributed by atoms with Crippen LogP contribution in [-0.4, -0.2) is 20.0 Å². The van der Waals surface area contributed by atoms with E-state index >= 15 is 0 Å².